The molecular weight excluding hydrogens is 324 g/mol. The molecule has 0 aliphatic rings. The van der Waals surface area contributed by atoms with Crippen molar-refractivity contribution in [2.45, 2.75) is 32.9 Å². The van der Waals surface area contributed by atoms with E-state index in [1.807, 2.05) is 13.0 Å². The van der Waals surface area contributed by atoms with E-state index in [4.69, 9.17) is 4.74 Å². The monoisotopic (exact) mass is 350 g/mol. The molecule has 26 heavy (non-hydrogen) atoms. The first-order valence-electron chi connectivity index (χ1n) is 9.12. The zero-order valence-electron chi connectivity index (χ0n) is 15.7. The number of carbonyl (C=O) groups excluding carboxylic acids is 1. The number of aromatic nitrogens is 1. The van der Waals surface area contributed by atoms with Crippen molar-refractivity contribution < 1.29 is 9.53 Å². The highest BCUT2D eigenvalue weighted by Gasteiger charge is 2.09. The van der Waals surface area contributed by atoms with E-state index in [1.165, 1.54) is 21.8 Å². The fourth-order valence-electron chi connectivity index (χ4n) is 3.35. The Hall–Kier alpha value is -2.59. The van der Waals surface area contributed by atoms with Crippen LogP contribution in [0.5, 0.6) is 0 Å². The van der Waals surface area contributed by atoms with Crippen LogP contribution in [0.25, 0.3) is 27.9 Å². The van der Waals surface area contributed by atoms with E-state index in [0.717, 1.165) is 18.5 Å². The summed E-state index contributed by atoms with van der Waals surface area (Å²) in [6.45, 7) is 5.72. The molecule has 1 atom stereocenters. The maximum Gasteiger partial charge on any atom is 0.244 e. The minimum atomic E-state index is -0.0790. The van der Waals surface area contributed by atoms with Crippen LogP contribution in [0, 0.1) is 0 Å². The minimum absolute atomic E-state index is 0.0790. The molecular formula is C22H26N2O2. The second kappa shape index (κ2) is 8.19. The molecule has 3 aromatic rings. The van der Waals surface area contributed by atoms with Crippen LogP contribution in [0.15, 0.2) is 48.5 Å². The second-order valence-electron chi connectivity index (χ2n) is 6.56. The molecule has 4 nitrogen and oxygen atoms in total. The van der Waals surface area contributed by atoms with Crippen molar-refractivity contribution >= 4 is 33.8 Å². The number of nitrogens with one attached hydrogen (secondary N) is 1. The molecule has 1 N–H and O–H groups in total. The summed E-state index contributed by atoms with van der Waals surface area (Å²) < 4.78 is 7.36. The lowest BCUT2D eigenvalue weighted by molar-refractivity contribution is -0.117. The van der Waals surface area contributed by atoms with Gasteiger partial charge in [0, 0.05) is 54.2 Å². The first-order valence-corrected chi connectivity index (χ1v) is 9.12. The molecule has 0 saturated carbocycles. The zero-order chi connectivity index (χ0) is 18.5. The number of nitrogens with zero attached hydrogens (tertiary/aromatic N) is 1. The molecule has 0 spiro atoms. The molecule has 136 valence electrons. The van der Waals surface area contributed by atoms with Gasteiger partial charge in [-0.1, -0.05) is 24.3 Å². The molecule has 0 aliphatic heterocycles. The normalized spacial score (nSPS) is 12.9. The Bertz CT molecular complexity index is 940. The van der Waals surface area contributed by atoms with Crippen molar-refractivity contribution in [2.24, 2.45) is 0 Å². The van der Waals surface area contributed by atoms with Crippen molar-refractivity contribution in [2.75, 3.05) is 13.7 Å². The Morgan fingerprint density at radius 2 is 1.96 bits per heavy atom. The fraction of sp³-hybridized carbons (Fsp3) is 0.318. The van der Waals surface area contributed by atoms with Crippen molar-refractivity contribution in [3.63, 3.8) is 0 Å². The molecule has 4 heteroatoms. The highest BCUT2D eigenvalue weighted by atomic mass is 16.5. The Morgan fingerprint density at radius 1 is 1.19 bits per heavy atom. The van der Waals surface area contributed by atoms with Crippen LogP contribution in [-0.2, 0) is 16.1 Å². The highest BCUT2D eigenvalue weighted by Crippen LogP contribution is 2.29. The van der Waals surface area contributed by atoms with Crippen LogP contribution in [0.2, 0.25) is 0 Å². The summed E-state index contributed by atoms with van der Waals surface area (Å²) in [6, 6.07) is 14.9. The van der Waals surface area contributed by atoms with Gasteiger partial charge in [-0.25, -0.2) is 0 Å². The number of hydrogen-bond donors (Lipinski definition) is 1. The topological polar surface area (TPSA) is 43.3 Å². The van der Waals surface area contributed by atoms with Gasteiger partial charge in [0.2, 0.25) is 5.91 Å². The molecule has 2 aromatic carbocycles. The van der Waals surface area contributed by atoms with Gasteiger partial charge in [-0.3, -0.25) is 4.79 Å². The predicted molar refractivity (Wildman–Crippen MR) is 108 cm³/mol. The lowest BCUT2D eigenvalue weighted by Gasteiger charge is -2.11. The Labute approximate surface area is 154 Å². The number of carbonyl (C=O) groups is 1. The SMILES string of the molecule is CCn1c2ccccc2c2cc(/C=C/C(=O)NC(C)CCOC)ccc21. The van der Waals surface area contributed by atoms with Gasteiger partial charge in [0.25, 0.3) is 0 Å². The Morgan fingerprint density at radius 3 is 2.73 bits per heavy atom. The smallest absolute Gasteiger partial charge is 0.244 e. The van der Waals surface area contributed by atoms with Crippen molar-refractivity contribution in [3.05, 3.63) is 54.1 Å². The number of aryl methyl sites for hydroxylation is 1. The first kappa shape index (κ1) is 18.2. The lowest BCUT2D eigenvalue weighted by Crippen LogP contribution is -2.31. The van der Waals surface area contributed by atoms with Gasteiger partial charge in [0.15, 0.2) is 0 Å². The van der Waals surface area contributed by atoms with Crippen LogP contribution >= 0.6 is 0 Å². The Kier molecular flexibility index (Phi) is 5.74. The maximum absolute atomic E-state index is 12.1. The second-order valence-corrected chi connectivity index (χ2v) is 6.56. The maximum atomic E-state index is 12.1. The van der Waals surface area contributed by atoms with Gasteiger partial charge in [-0.2, -0.15) is 0 Å². The summed E-state index contributed by atoms with van der Waals surface area (Å²) in [4.78, 5) is 12.1. The van der Waals surface area contributed by atoms with Crippen molar-refractivity contribution in [3.8, 4) is 0 Å². The molecule has 1 aromatic heterocycles. The van der Waals surface area contributed by atoms with E-state index >= 15 is 0 Å². The highest BCUT2D eigenvalue weighted by molar-refractivity contribution is 6.08. The summed E-state index contributed by atoms with van der Waals surface area (Å²) in [5, 5.41) is 5.42. The van der Waals surface area contributed by atoms with E-state index < -0.39 is 0 Å². The quantitative estimate of drug-likeness (QED) is 0.643. The van der Waals surface area contributed by atoms with E-state index in [9.17, 15) is 4.79 Å². The van der Waals surface area contributed by atoms with E-state index in [0.29, 0.717) is 6.61 Å². The summed E-state index contributed by atoms with van der Waals surface area (Å²) >= 11 is 0. The lowest BCUT2D eigenvalue weighted by atomic mass is 10.1. The zero-order valence-corrected chi connectivity index (χ0v) is 15.7. The number of methoxy groups -OCH3 is 1. The van der Waals surface area contributed by atoms with Crippen molar-refractivity contribution in [1.29, 1.82) is 0 Å². The van der Waals surface area contributed by atoms with Gasteiger partial charge in [0.05, 0.1) is 0 Å². The average molecular weight is 350 g/mol. The summed E-state index contributed by atoms with van der Waals surface area (Å²) in [6.07, 6.45) is 4.28. The van der Waals surface area contributed by atoms with E-state index in [1.54, 1.807) is 13.2 Å². The fourth-order valence-corrected chi connectivity index (χ4v) is 3.35. The van der Waals surface area contributed by atoms with Crippen LogP contribution < -0.4 is 5.32 Å². The molecule has 1 heterocycles. The average Bonchev–Trinajstić information content (AvgIpc) is 2.97. The number of amides is 1. The molecule has 3 rings (SSSR count). The van der Waals surface area contributed by atoms with E-state index in [2.05, 4.69) is 59.3 Å². The molecule has 0 bridgehead atoms. The van der Waals surface area contributed by atoms with Crippen molar-refractivity contribution in [1.82, 2.24) is 9.88 Å². The van der Waals surface area contributed by atoms with Gasteiger partial charge in [-0.05, 0) is 50.1 Å². The first-order chi connectivity index (χ1) is 12.6. The number of rotatable bonds is 7. The molecule has 1 amide bonds. The van der Waals surface area contributed by atoms with Crippen LogP contribution in [-0.4, -0.2) is 30.2 Å². The predicted octanol–water partition coefficient (Wildman–Crippen LogP) is 4.37. The number of para-hydroxylation sites is 1. The molecule has 0 aliphatic carbocycles. The molecule has 0 radical (unpaired) electrons. The molecule has 0 saturated heterocycles. The summed E-state index contributed by atoms with van der Waals surface area (Å²) in [5.41, 5.74) is 3.50. The number of benzene rings is 2. The number of hydrogen-bond acceptors (Lipinski definition) is 2. The van der Waals surface area contributed by atoms with Gasteiger partial charge in [0.1, 0.15) is 0 Å². The number of ether oxygens (including phenoxy) is 1. The minimum Gasteiger partial charge on any atom is -0.385 e. The van der Waals surface area contributed by atoms with Crippen LogP contribution in [0.3, 0.4) is 0 Å². The molecule has 0 fully saturated rings. The standard InChI is InChI=1S/C22H26N2O2/c1-4-24-20-8-6-5-7-18(20)19-15-17(9-11-21(19)24)10-12-22(25)23-16(2)13-14-26-3/h5-12,15-16H,4,13-14H2,1-3H3,(H,23,25)/b12-10+. The Balaban J connectivity index is 1.83. The van der Waals surface area contributed by atoms with Gasteiger partial charge >= 0.3 is 0 Å². The summed E-state index contributed by atoms with van der Waals surface area (Å²) in [7, 11) is 1.67. The third kappa shape index (κ3) is 3.81. The third-order valence-corrected chi connectivity index (χ3v) is 4.68. The number of fused-ring (bicyclic) bond motifs is 3. The summed E-state index contributed by atoms with van der Waals surface area (Å²) in [5.74, 6) is -0.0790. The third-order valence-electron chi connectivity index (χ3n) is 4.68. The largest absolute Gasteiger partial charge is 0.385 e. The van der Waals surface area contributed by atoms with E-state index in [-0.39, 0.29) is 11.9 Å². The van der Waals surface area contributed by atoms with Crippen LogP contribution in [0.1, 0.15) is 25.8 Å². The van der Waals surface area contributed by atoms with Gasteiger partial charge < -0.3 is 14.6 Å². The van der Waals surface area contributed by atoms with Crippen LogP contribution in [0.4, 0.5) is 0 Å². The van der Waals surface area contributed by atoms with Gasteiger partial charge in [-0.15, -0.1) is 0 Å². The molecule has 1 unspecified atom stereocenters.